The molecule has 124 valence electrons. The highest BCUT2D eigenvalue weighted by Gasteiger charge is 2.14. The molecule has 2 heterocycles. The maximum Gasteiger partial charge on any atom is 0.319 e. The van der Waals surface area contributed by atoms with Crippen LogP contribution < -0.4 is 10.6 Å². The molecule has 2 aromatic heterocycles. The molecule has 0 fully saturated rings. The van der Waals surface area contributed by atoms with Crippen molar-refractivity contribution in [3.8, 4) is 5.69 Å². The summed E-state index contributed by atoms with van der Waals surface area (Å²) in [5.41, 5.74) is 2.67. The van der Waals surface area contributed by atoms with Crippen LogP contribution >= 0.6 is 0 Å². The number of urea groups is 1. The molecule has 7 nitrogen and oxygen atoms in total. The number of carbonyl (C=O) groups is 1. The molecule has 0 saturated carbocycles. The average molecular weight is 324 g/mol. The van der Waals surface area contributed by atoms with Crippen LogP contribution in [0, 0.1) is 0 Å². The number of aryl methyl sites for hydroxylation is 1. The van der Waals surface area contributed by atoms with E-state index in [0.29, 0.717) is 5.69 Å². The summed E-state index contributed by atoms with van der Waals surface area (Å²) in [5, 5.41) is 9.89. The van der Waals surface area contributed by atoms with E-state index in [0.717, 1.165) is 17.8 Å². The lowest BCUT2D eigenvalue weighted by Gasteiger charge is -2.18. The van der Waals surface area contributed by atoms with Crippen LogP contribution in [0.2, 0.25) is 0 Å². The standard InChI is InChI=1S/C17H20N6O/c1-3-23-11-14(10-19-23)21-17(24)20-13(2)15-6-4-5-7-16(15)22-9-8-18-12-22/h4-13H,3H2,1-2H3,(H2,20,21,24). The predicted octanol–water partition coefficient (Wildman–Crippen LogP) is 2.97. The first-order valence-corrected chi connectivity index (χ1v) is 7.84. The summed E-state index contributed by atoms with van der Waals surface area (Å²) in [6.45, 7) is 4.70. The van der Waals surface area contributed by atoms with E-state index < -0.39 is 0 Å². The second-order valence-corrected chi connectivity index (χ2v) is 5.43. The monoisotopic (exact) mass is 324 g/mol. The Balaban J connectivity index is 1.71. The lowest BCUT2D eigenvalue weighted by atomic mass is 10.1. The summed E-state index contributed by atoms with van der Waals surface area (Å²) in [6, 6.07) is 7.48. The Morgan fingerprint density at radius 2 is 2.17 bits per heavy atom. The Morgan fingerprint density at radius 1 is 1.33 bits per heavy atom. The first-order chi connectivity index (χ1) is 11.7. The van der Waals surface area contributed by atoms with Gasteiger partial charge in [0.2, 0.25) is 0 Å². The quantitative estimate of drug-likeness (QED) is 0.757. The first kappa shape index (κ1) is 15.8. The van der Waals surface area contributed by atoms with Crippen LogP contribution in [-0.4, -0.2) is 25.4 Å². The molecule has 1 unspecified atom stereocenters. The van der Waals surface area contributed by atoms with Crippen LogP contribution in [0.1, 0.15) is 25.5 Å². The number of amides is 2. The molecular formula is C17H20N6O. The second-order valence-electron chi connectivity index (χ2n) is 5.43. The largest absolute Gasteiger partial charge is 0.331 e. The van der Waals surface area contributed by atoms with Crippen molar-refractivity contribution >= 4 is 11.7 Å². The van der Waals surface area contributed by atoms with Gasteiger partial charge in [-0.1, -0.05) is 18.2 Å². The number of nitrogens with one attached hydrogen (secondary N) is 2. The summed E-state index contributed by atoms with van der Waals surface area (Å²) in [6.07, 6.45) is 8.78. The number of imidazole rings is 1. The van der Waals surface area contributed by atoms with E-state index >= 15 is 0 Å². The molecule has 0 aliphatic carbocycles. The zero-order chi connectivity index (χ0) is 16.9. The number of carbonyl (C=O) groups excluding carboxylic acids is 1. The van der Waals surface area contributed by atoms with Gasteiger partial charge in [0, 0.05) is 25.1 Å². The Kier molecular flexibility index (Phi) is 4.60. The Bertz CT molecular complexity index is 808. The van der Waals surface area contributed by atoms with Crippen molar-refractivity contribution in [1.29, 1.82) is 0 Å². The molecule has 3 rings (SSSR count). The van der Waals surface area contributed by atoms with Crippen molar-refractivity contribution in [1.82, 2.24) is 24.6 Å². The number of hydrogen-bond donors (Lipinski definition) is 2. The van der Waals surface area contributed by atoms with Crippen molar-refractivity contribution in [2.75, 3.05) is 5.32 Å². The van der Waals surface area contributed by atoms with Gasteiger partial charge in [0.15, 0.2) is 0 Å². The van der Waals surface area contributed by atoms with E-state index in [9.17, 15) is 4.79 Å². The van der Waals surface area contributed by atoms with Gasteiger partial charge in [-0.2, -0.15) is 5.10 Å². The number of anilines is 1. The molecule has 0 spiro atoms. The fourth-order valence-electron chi connectivity index (χ4n) is 2.53. The Morgan fingerprint density at radius 3 is 2.88 bits per heavy atom. The van der Waals surface area contributed by atoms with Gasteiger partial charge in [0.05, 0.1) is 29.9 Å². The molecule has 1 aromatic carbocycles. The molecule has 0 saturated heterocycles. The molecule has 7 heteroatoms. The normalized spacial score (nSPS) is 11.9. The van der Waals surface area contributed by atoms with Crippen LogP contribution in [0.5, 0.6) is 0 Å². The molecule has 0 aliphatic rings. The van der Waals surface area contributed by atoms with Crippen LogP contribution in [0.25, 0.3) is 5.69 Å². The molecule has 1 atom stereocenters. The second kappa shape index (κ2) is 6.99. The van der Waals surface area contributed by atoms with Crippen LogP contribution in [0.15, 0.2) is 55.4 Å². The SMILES string of the molecule is CCn1cc(NC(=O)NC(C)c2ccccc2-n2ccnc2)cn1. The molecular weight excluding hydrogens is 304 g/mol. The maximum atomic E-state index is 12.2. The van der Waals surface area contributed by atoms with E-state index in [1.54, 1.807) is 29.6 Å². The van der Waals surface area contributed by atoms with Gasteiger partial charge in [0.25, 0.3) is 0 Å². The number of rotatable bonds is 5. The number of aromatic nitrogens is 4. The van der Waals surface area contributed by atoms with E-state index in [4.69, 9.17) is 0 Å². The third-order valence-corrected chi connectivity index (χ3v) is 3.75. The summed E-state index contributed by atoms with van der Waals surface area (Å²) >= 11 is 0. The Labute approximate surface area is 140 Å². The summed E-state index contributed by atoms with van der Waals surface area (Å²) in [4.78, 5) is 16.3. The number of benzene rings is 1. The zero-order valence-electron chi connectivity index (χ0n) is 13.7. The van der Waals surface area contributed by atoms with E-state index in [1.165, 1.54) is 0 Å². The maximum absolute atomic E-state index is 12.2. The zero-order valence-corrected chi connectivity index (χ0v) is 13.7. The molecule has 0 bridgehead atoms. The number of nitrogens with zero attached hydrogens (tertiary/aromatic N) is 4. The minimum absolute atomic E-state index is 0.162. The van der Waals surface area contributed by atoms with Gasteiger partial charge >= 0.3 is 6.03 Å². The van der Waals surface area contributed by atoms with Gasteiger partial charge in [-0.25, -0.2) is 9.78 Å². The van der Waals surface area contributed by atoms with E-state index in [-0.39, 0.29) is 12.1 Å². The minimum atomic E-state index is -0.265. The molecule has 2 amide bonds. The van der Waals surface area contributed by atoms with Gasteiger partial charge in [-0.15, -0.1) is 0 Å². The highest BCUT2D eigenvalue weighted by Crippen LogP contribution is 2.21. The van der Waals surface area contributed by atoms with Crippen molar-refractivity contribution in [3.63, 3.8) is 0 Å². The average Bonchev–Trinajstić information content (AvgIpc) is 3.26. The molecule has 24 heavy (non-hydrogen) atoms. The topological polar surface area (TPSA) is 76.8 Å². The Hall–Kier alpha value is -3.09. The summed E-state index contributed by atoms with van der Waals surface area (Å²) in [5.74, 6) is 0. The van der Waals surface area contributed by atoms with E-state index in [1.807, 2.05) is 48.9 Å². The lowest BCUT2D eigenvalue weighted by molar-refractivity contribution is 0.249. The molecule has 2 N–H and O–H groups in total. The van der Waals surface area contributed by atoms with Gasteiger partial charge in [-0.05, 0) is 25.5 Å². The highest BCUT2D eigenvalue weighted by molar-refractivity contribution is 5.89. The summed E-state index contributed by atoms with van der Waals surface area (Å²) < 4.78 is 3.68. The third kappa shape index (κ3) is 3.45. The number of para-hydroxylation sites is 1. The first-order valence-electron chi connectivity index (χ1n) is 7.84. The van der Waals surface area contributed by atoms with Crippen molar-refractivity contribution in [3.05, 3.63) is 60.9 Å². The van der Waals surface area contributed by atoms with Crippen molar-refractivity contribution < 1.29 is 4.79 Å². The van der Waals surface area contributed by atoms with Crippen LogP contribution in [0.3, 0.4) is 0 Å². The highest BCUT2D eigenvalue weighted by atomic mass is 16.2. The fourth-order valence-corrected chi connectivity index (χ4v) is 2.53. The van der Waals surface area contributed by atoms with E-state index in [2.05, 4.69) is 20.7 Å². The smallest absolute Gasteiger partial charge is 0.319 e. The minimum Gasteiger partial charge on any atom is -0.331 e. The summed E-state index contributed by atoms with van der Waals surface area (Å²) in [7, 11) is 0. The molecule has 0 radical (unpaired) electrons. The predicted molar refractivity (Wildman–Crippen MR) is 92.0 cm³/mol. The number of hydrogen-bond acceptors (Lipinski definition) is 3. The molecule has 3 aromatic rings. The van der Waals surface area contributed by atoms with Gasteiger partial charge in [-0.3, -0.25) is 4.68 Å². The fraction of sp³-hybridized carbons (Fsp3) is 0.235. The van der Waals surface area contributed by atoms with Crippen LogP contribution in [-0.2, 0) is 6.54 Å². The lowest BCUT2D eigenvalue weighted by Crippen LogP contribution is -2.31. The van der Waals surface area contributed by atoms with Gasteiger partial charge < -0.3 is 15.2 Å². The van der Waals surface area contributed by atoms with Gasteiger partial charge in [0.1, 0.15) is 0 Å². The van der Waals surface area contributed by atoms with Crippen molar-refractivity contribution in [2.24, 2.45) is 0 Å². The van der Waals surface area contributed by atoms with Crippen molar-refractivity contribution in [2.45, 2.75) is 26.4 Å². The third-order valence-electron chi connectivity index (χ3n) is 3.75. The molecule has 0 aliphatic heterocycles. The van der Waals surface area contributed by atoms with Crippen LogP contribution in [0.4, 0.5) is 10.5 Å².